The molecule has 2 aromatic heterocycles. The van der Waals surface area contributed by atoms with Crippen LogP contribution in [0.5, 0.6) is 0 Å². The molecule has 90 valence electrons. The number of rotatable bonds is 5. The van der Waals surface area contributed by atoms with Gasteiger partial charge in [0.15, 0.2) is 0 Å². The Labute approximate surface area is 106 Å². The van der Waals surface area contributed by atoms with E-state index in [1.54, 1.807) is 11.3 Å². The van der Waals surface area contributed by atoms with Gasteiger partial charge in [-0.05, 0) is 36.2 Å². The third-order valence-corrected chi connectivity index (χ3v) is 3.78. The van der Waals surface area contributed by atoms with E-state index in [9.17, 15) is 0 Å². The number of pyridine rings is 1. The minimum absolute atomic E-state index is 0.295. The lowest BCUT2D eigenvalue weighted by Crippen LogP contribution is -2.29. The van der Waals surface area contributed by atoms with Gasteiger partial charge >= 0.3 is 0 Å². The number of likely N-dealkylation sites (N-methyl/N-ethyl adjacent to an activating group) is 1. The number of hydrogen-bond donors (Lipinski definition) is 1. The molecule has 0 saturated carbocycles. The first-order valence-electron chi connectivity index (χ1n) is 5.64. The van der Waals surface area contributed by atoms with Crippen molar-refractivity contribution in [3.8, 4) is 0 Å². The van der Waals surface area contributed by atoms with Gasteiger partial charge in [-0.2, -0.15) is 0 Å². The summed E-state index contributed by atoms with van der Waals surface area (Å²) in [7, 11) is 2.11. The van der Waals surface area contributed by atoms with Crippen LogP contribution < -0.4 is 5.73 Å². The van der Waals surface area contributed by atoms with Gasteiger partial charge in [0.25, 0.3) is 0 Å². The molecule has 2 rings (SSSR count). The van der Waals surface area contributed by atoms with Gasteiger partial charge in [-0.15, -0.1) is 11.3 Å². The van der Waals surface area contributed by atoms with Gasteiger partial charge < -0.3 is 5.73 Å². The zero-order valence-electron chi connectivity index (χ0n) is 9.91. The van der Waals surface area contributed by atoms with Crippen LogP contribution in [0, 0.1) is 0 Å². The first kappa shape index (κ1) is 12.2. The predicted octanol–water partition coefficient (Wildman–Crippen LogP) is 2.27. The van der Waals surface area contributed by atoms with Crippen LogP contribution in [0.1, 0.15) is 16.5 Å². The lowest BCUT2D eigenvalue weighted by molar-refractivity contribution is 0.245. The average molecular weight is 247 g/mol. The van der Waals surface area contributed by atoms with Crippen LogP contribution >= 0.6 is 11.3 Å². The summed E-state index contributed by atoms with van der Waals surface area (Å²) in [4.78, 5) is 7.63. The van der Waals surface area contributed by atoms with Crippen LogP contribution in [0.4, 0.5) is 0 Å². The first-order valence-corrected chi connectivity index (χ1v) is 6.52. The molecule has 0 aromatic carbocycles. The number of hydrogen-bond acceptors (Lipinski definition) is 4. The van der Waals surface area contributed by atoms with Gasteiger partial charge in [0.05, 0.1) is 6.04 Å². The molecule has 0 aliphatic rings. The number of aromatic nitrogens is 1. The van der Waals surface area contributed by atoms with Gasteiger partial charge in [0.1, 0.15) is 0 Å². The van der Waals surface area contributed by atoms with Crippen LogP contribution in [0.3, 0.4) is 0 Å². The van der Waals surface area contributed by atoms with E-state index >= 15 is 0 Å². The molecular formula is C13H17N3S. The number of nitrogens with two attached hydrogens (primary N) is 1. The van der Waals surface area contributed by atoms with Crippen molar-refractivity contribution in [2.75, 3.05) is 13.6 Å². The summed E-state index contributed by atoms with van der Waals surface area (Å²) in [5, 5.41) is 2.10. The fraction of sp³-hybridized carbons (Fsp3) is 0.308. The third-order valence-electron chi connectivity index (χ3n) is 2.81. The topological polar surface area (TPSA) is 42.2 Å². The lowest BCUT2D eigenvalue weighted by Gasteiger charge is -2.26. The Balaban J connectivity index is 2.06. The molecule has 0 spiro atoms. The van der Waals surface area contributed by atoms with Gasteiger partial charge in [-0.25, -0.2) is 0 Å². The van der Waals surface area contributed by atoms with E-state index in [0.29, 0.717) is 12.6 Å². The molecule has 3 nitrogen and oxygen atoms in total. The summed E-state index contributed by atoms with van der Waals surface area (Å²) in [6.07, 6.45) is 3.65. The fourth-order valence-corrected chi connectivity index (χ4v) is 2.79. The van der Waals surface area contributed by atoms with Crippen LogP contribution in [-0.2, 0) is 6.54 Å². The Morgan fingerprint density at radius 3 is 2.71 bits per heavy atom. The first-order chi connectivity index (χ1) is 8.31. The van der Waals surface area contributed by atoms with E-state index in [0.717, 1.165) is 6.54 Å². The Morgan fingerprint density at radius 2 is 2.12 bits per heavy atom. The van der Waals surface area contributed by atoms with Crippen LogP contribution in [0.25, 0.3) is 0 Å². The summed E-state index contributed by atoms with van der Waals surface area (Å²) >= 11 is 1.76. The van der Waals surface area contributed by atoms with Gasteiger partial charge in [-0.1, -0.05) is 6.07 Å². The normalized spacial score (nSPS) is 12.9. The summed E-state index contributed by atoms with van der Waals surface area (Å²) in [6.45, 7) is 1.53. The molecular weight excluding hydrogens is 230 g/mol. The summed E-state index contributed by atoms with van der Waals surface area (Å²) in [6, 6.07) is 8.59. The number of nitrogens with zero attached hydrogens (tertiary/aromatic N) is 2. The maximum Gasteiger partial charge on any atom is 0.0564 e. The van der Waals surface area contributed by atoms with Gasteiger partial charge in [-0.3, -0.25) is 9.88 Å². The second-order valence-electron chi connectivity index (χ2n) is 4.04. The highest BCUT2D eigenvalue weighted by atomic mass is 32.1. The van der Waals surface area contributed by atoms with E-state index in [2.05, 4.69) is 34.4 Å². The molecule has 0 aliphatic heterocycles. The monoisotopic (exact) mass is 247 g/mol. The van der Waals surface area contributed by atoms with Gasteiger partial charge in [0.2, 0.25) is 0 Å². The van der Waals surface area contributed by atoms with Crippen molar-refractivity contribution >= 4 is 11.3 Å². The van der Waals surface area contributed by atoms with Crippen LogP contribution in [0.2, 0.25) is 0 Å². The highest BCUT2D eigenvalue weighted by Gasteiger charge is 2.16. The van der Waals surface area contributed by atoms with E-state index in [1.165, 1.54) is 10.4 Å². The van der Waals surface area contributed by atoms with Crippen molar-refractivity contribution < 1.29 is 0 Å². The quantitative estimate of drug-likeness (QED) is 0.881. The second kappa shape index (κ2) is 5.91. The van der Waals surface area contributed by atoms with Crippen molar-refractivity contribution in [2.24, 2.45) is 5.73 Å². The molecule has 0 fully saturated rings. The van der Waals surface area contributed by atoms with E-state index < -0.39 is 0 Å². The third kappa shape index (κ3) is 3.12. The molecule has 4 heteroatoms. The minimum atomic E-state index is 0.295. The maximum atomic E-state index is 5.87. The predicted molar refractivity (Wildman–Crippen MR) is 71.8 cm³/mol. The second-order valence-corrected chi connectivity index (χ2v) is 5.02. The zero-order valence-corrected chi connectivity index (χ0v) is 10.7. The van der Waals surface area contributed by atoms with E-state index in [-0.39, 0.29) is 0 Å². The molecule has 0 amide bonds. The van der Waals surface area contributed by atoms with Crippen molar-refractivity contribution in [1.29, 1.82) is 0 Å². The van der Waals surface area contributed by atoms with Crippen molar-refractivity contribution in [1.82, 2.24) is 9.88 Å². The lowest BCUT2D eigenvalue weighted by atomic mass is 10.2. The minimum Gasteiger partial charge on any atom is -0.329 e. The molecule has 0 radical (unpaired) electrons. The Kier molecular flexibility index (Phi) is 4.25. The maximum absolute atomic E-state index is 5.87. The van der Waals surface area contributed by atoms with Crippen molar-refractivity contribution in [3.05, 3.63) is 52.5 Å². The molecule has 2 N–H and O–H groups in total. The molecule has 1 atom stereocenters. The highest BCUT2D eigenvalue weighted by Crippen LogP contribution is 2.24. The number of thiophene rings is 1. The molecule has 17 heavy (non-hydrogen) atoms. The zero-order chi connectivity index (χ0) is 12.1. The molecule has 2 aromatic rings. The highest BCUT2D eigenvalue weighted by molar-refractivity contribution is 7.10. The Bertz CT molecular complexity index is 427. The largest absolute Gasteiger partial charge is 0.329 e. The van der Waals surface area contributed by atoms with Crippen molar-refractivity contribution in [2.45, 2.75) is 12.6 Å². The summed E-state index contributed by atoms with van der Waals surface area (Å²) < 4.78 is 0. The standard InChI is InChI=1S/C13H17N3S/c1-16(10-11-4-6-15-7-5-11)12(9-14)13-3-2-8-17-13/h2-8,12H,9-10,14H2,1H3. The smallest absolute Gasteiger partial charge is 0.0564 e. The molecule has 0 aliphatic carbocycles. The SMILES string of the molecule is CN(Cc1ccncc1)C(CN)c1cccs1. The molecule has 0 bridgehead atoms. The molecule has 1 unspecified atom stereocenters. The van der Waals surface area contributed by atoms with E-state index in [4.69, 9.17) is 5.73 Å². The van der Waals surface area contributed by atoms with E-state index in [1.807, 2.05) is 24.5 Å². The molecule has 0 saturated heterocycles. The fourth-order valence-electron chi connectivity index (χ4n) is 1.88. The summed E-state index contributed by atoms with van der Waals surface area (Å²) in [5.41, 5.74) is 7.13. The molecule has 2 heterocycles. The Morgan fingerprint density at radius 1 is 1.35 bits per heavy atom. The average Bonchev–Trinajstić information content (AvgIpc) is 2.85. The Hall–Kier alpha value is -1.23. The summed E-state index contributed by atoms with van der Waals surface area (Å²) in [5.74, 6) is 0. The van der Waals surface area contributed by atoms with Gasteiger partial charge in [0, 0.05) is 30.4 Å². The van der Waals surface area contributed by atoms with Crippen LogP contribution in [0.15, 0.2) is 42.0 Å². The van der Waals surface area contributed by atoms with Crippen LogP contribution in [-0.4, -0.2) is 23.5 Å². The van der Waals surface area contributed by atoms with Crippen molar-refractivity contribution in [3.63, 3.8) is 0 Å².